The number of sulfonamides is 1. The second-order valence-electron chi connectivity index (χ2n) is 4.54. The van der Waals surface area contributed by atoms with Gasteiger partial charge in [0.1, 0.15) is 0 Å². The highest BCUT2D eigenvalue weighted by atomic mass is 35.5. The number of cyclic esters (lactones) is 1. The molecular formula is C13H14ClNO6S. The summed E-state index contributed by atoms with van der Waals surface area (Å²) in [6.45, 7) is 0.0888. The second kappa shape index (κ2) is 7.08. The van der Waals surface area contributed by atoms with Gasteiger partial charge < -0.3 is 9.47 Å². The summed E-state index contributed by atoms with van der Waals surface area (Å²) < 4.78 is 35.7. The van der Waals surface area contributed by atoms with Crippen molar-refractivity contribution in [1.29, 1.82) is 0 Å². The predicted molar refractivity (Wildman–Crippen MR) is 76.7 cm³/mol. The van der Waals surface area contributed by atoms with Crippen LogP contribution in [-0.2, 0) is 29.1 Å². The van der Waals surface area contributed by atoms with E-state index in [1.54, 1.807) is 0 Å². The zero-order valence-electron chi connectivity index (χ0n) is 11.5. The predicted octanol–water partition coefficient (Wildman–Crippen LogP) is 0.867. The van der Waals surface area contributed by atoms with Crippen molar-refractivity contribution in [3.05, 3.63) is 29.3 Å². The molecule has 7 nitrogen and oxygen atoms in total. The van der Waals surface area contributed by atoms with Gasteiger partial charge in [-0.05, 0) is 24.3 Å². The molecule has 0 aliphatic carbocycles. The first-order chi connectivity index (χ1) is 10.4. The minimum atomic E-state index is -3.72. The van der Waals surface area contributed by atoms with Crippen LogP contribution in [0, 0.1) is 0 Å². The van der Waals surface area contributed by atoms with Crippen LogP contribution >= 0.6 is 11.6 Å². The van der Waals surface area contributed by atoms with Gasteiger partial charge >= 0.3 is 11.9 Å². The molecule has 120 valence electrons. The van der Waals surface area contributed by atoms with Crippen LogP contribution in [0.2, 0.25) is 5.02 Å². The number of carbonyl (C=O) groups is 2. The number of hydrogen-bond donors (Lipinski definition) is 1. The van der Waals surface area contributed by atoms with E-state index in [-0.39, 0.29) is 24.5 Å². The molecule has 9 heteroatoms. The summed E-state index contributed by atoms with van der Waals surface area (Å²) in [6, 6.07) is 5.63. The van der Waals surface area contributed by atoms with E-state index >= 15 is 0 Å². The second-order valence-corrected chi connectivity index (χ2v) is 6.74. The SMILES string of the molecule is O=C(CCNS(=O)(=O)c1ccc(Cl)cc1)O[C@H]1CCOC1=O. The third-order valence-electron chi connectivity index (χ3n) is 2.91. The van der Waals surface area contributed by atoms with Gasteiger partial charge in [-0.15, -0.1) is 0 Å². The van der Waals surface area contributed by atoms with Gasteiger partial charge in [0.05, 0.1) is 17.9 Å². The van der Waals surface area contributed by atoms with Crippen LogP contribution in [0.3, 0.4) is 0 Å². The van der Waals surface area contributed by atoms with E-state index in [1.165, 1.54) is 24.3 Å². The molecule has 1 heterocycles. The molecule has 1 aromatic rings. The first-order valence-electron chi connectivity index (χ1n) is 6.50. The van der Waals surface area contributed by atoms with Crippen molar-refractivity contribution in [2.75, 3.05) is 13.2 Å². The zero-order valence-corrected chi connectivity index (χ0v) is 13.0. The first kappa shape index (κ1) is 16.7. The Labute approximate surface area is 132 Å². The summed E-state index contributed by atoms with van der Waals surface area (Å²) in [4.78, 5) is 22.7. The minimum absolute atomic E-state index is 0.0460. The van der Waals surface area contributed by atoms with Gasteiger partial charge in [0.2, 0.25) is 16.1 Å². The Hall–Kier alpha value is -1.64. The Morgan fingerprint density at radius 1 is 1.36 bits per heavy atom. The molecule has 0 radical (unpaired) electrons. The Kier molecular flexibility index (Phi) is 5.38. The summed E-state index contributed by atoms with van der Waals surface area (Å²) in [6.07, 6.45) is -0.752. The van der Waals surface area contributed by atoms with Gasteiger partial charge in [0.15, 0.2) is 0 Å². The molecule has 1 aromatic carbocycles. The van der Waals surface area contributed by atoms with Gasteiger partial charge in [-0.2, -0.15) is 0 Å². The van der Waals surface area contributed by atoms with Crippen LogP contribution in [0.15, 0.2) is 29.2 Å². The van der Waals surface area contributed by atoms with E-state index in [0.29, 0.717) is 11.4 Å². The van der Waals surface area contributed by atoms with Gasteiger partial charge in [-0.3, -0.25) is 4.79 Å². The molecule has 0 amide bonds. The molecule has 0 spiro atoms. The van der Waals surface area contributed by atoms with Crippen molar-refractivity contribution < 1.29 is 27.5 Å². The maximum Gasteiger partial charge on any atom is 0.347 e. The summed E-state index contributed by atoms with van der Waals surface area (Å²) in [5.41, 5.74) is 0. The topological polar surface area (TPSA) is 98.8 Å². The fourth-order valence-corrected chi connectivity index (χ4v) is 2.94. The average molecular weight is 348 g/mol. The molecule has 1 aliphatic heterocycles. The lowest BCUT2D eigenvalue weighted by atomic mass is 10.3. The number of ether oxygens (including phenoxy) is 2. The molecule has 0 saturated carbocycles. The molecule has 1 atom stereocenters. The van der Waals surface area contributed by atoms with Crippen LogP contribution < -0.4 is 4.72 Å². The highest BCUT2D eigenvalue weighted by Crippen LogP contribution is 2.14. The van der Waals surface area contributed by atoms with Crippen molar-refractivity contribution in [2.24, 2.45) is 0 Å². The van der Waals surface area contributed by atoms with Crippen LogP contribution in [-0.4, -0.2) is 39.6 Å². The summed E-state index contributed by atoms with van der Waals surface area (Å²) in [7, 11) is -3.72. The third-order valence-corrected chi connectivity index (χ3v) is 4.64. The number of hydrogen-bond acceptors (Lipinski definition) is 6. The van der Waals surface area contributed by atoms with Crippen molar-refractivity contribution in [3.8, 4) is 0 Å². The van der Waals surface area contributed by atoms with Crippen molar-refractivity contribution in [1.82, 2.24) is 4.72 Å². The molecule has 1 saturated heterocycles. The smallest absolute Gasteiger partial charge is 0.347 e. The molecule has 22 heavy (non-hydrogen) atoms. The van der Waals surface area contributed by atoms with Crippen molar-refractivity contribution in [2.45, 2.75) is 23.8 Å². The molecule has 0 bridgehead atoms. The quantitative estimate of drug-likeness (QED) is 0.766. The molecule has 0 unspecified atom stereocenters. The summed E-state index contributed by atoms with van der Waals surface area (Å²) in [5, 5.41) is 0.422. The van der Waals surface area contributed by atoms with E-state index in [4.69, 9.17) is 16.3 Å². The van der Waals surface area contributed by atoms with Crippen molar-refractivity contribution in [3.63, 3.8) is 0 Å². The van der Waals surface area contributed by atoms with Gasteiger partial charge in [0, 0.05) is 18.0 Å². The molecule has 0 aromatic heterocycles. The number of nitrogens with one attached hydrogen (secondary N) is 1. The Balaban J connectivity index is 1.81. The standard InChI is InChI=1S/C13H14ClNO6S/c14-9-1-3-10(4-2-9)22(18,19)15-7-5-12(16)21-11-6-8-20-13(11)17/h1-4,11,15H,5-8H2/t11-/m0/s1. The number of halogens is 1. The van der Waals surface area contributed by atoms with Crippen LogP contribution in [0.5, 0.6) is 0 Å². The van der Waals surface area contributed by atoms with E-state index < -0.39 is 28.1 Å². The Morgan fingerprint density at radius 3 is 2.64 bits per heavy atom. The minimum Gasteiger partial charge on any atom is -0.463 e. The largest absolute Gasteiger partial charge is 0.463 e. The lowest BCUT2D eigenvalue weighted by molar-refractivity contribution is -0.160. The number of esters is 2. The van der Waals surface area contributed by atoms with Gasteiger partial charge in [-0.1, -0.05) is 11.6 Å². The maximum absolute atomic E-state index is 11.9. The summed E-state index contributed by atoms with van der Waals surface area (Å²) >= 11 is 5.69. The molecule has 1 aliphatic rings. The van der Waals surface area contributed by atoms with E-state index in [1.807, 2.05) is 0 Å². The average Bonchev–Trinajstić information content (AvgIpc) is 2.84. The monoisotopic (exact) mass is 347 g/mol. The van der Waals surface area contributed by atoms with Gasteiger partial charge in [-0.25, -0.2) is 17.9 Å². The van der Waals surface area contributed by atoms with E-state index in [0.717, 1.165) is 0 Å². The molecule has 1 fully saturated rings. The maximum atomic E-state index is 11.9. The number of carbonyl (C=O) groups excluding carboxylic acids is 2. The molecule has 1 N–H and O–H groups in total. The Bertz CT molecular complexity index is 658. The molecular weight excluding hydrogens is 334 g/mol. The summed E-state index contributed by atoms with van der Waals surface area (Å²) in [5.74, 6) is -1.24. The van der Waals surface area contributed by atoms with Crippen LogP contribution in [0.25, 0.3) is 0 Å². The lowest BCUT2D eigenvalue weighted by Gasteiger charge is -2.09. The van der Waals surface area contributed by atoms with Crippen LogP contribution in [0.4, 0.5) is 0 Å². The Morgan fingerprint density at radius 2 is 2.05 bits per heavy atom. The van der Waals surface area contributed by atoms with Crippen molar-refractivity contribution >= 4 is 33.6 Å². The lowest BCUT2D eigenvalue weighted by Crippen LogP contribution is -2.29. The number of benzene rings is 1. The zero-order chi connectivity index (χ0) is 16.2. The normalized spacial score (nSPS) is 18.0. The fourth-order valence-electron chi connectivity index (χ4n) is 1.79. The van der Waals surface area contributed by atoms with E-state index in [2.05, 4.69) is 9.46 Å². The van der Waals surface area contributed by atoms with Crippen LogP contribution in [0.1, 0.15) is 12.8 Å². The molecule has 2 rings (SSSR count). The highest BCUT2D eigenvalue weighted by molar-refractivity contribution is 7.89. The fraction of sp³-hybridized carbons (Fsp3) is 0.385. The third kappa shape index (κ3) is 4.43. The highest BCUT2D eigenvalue weighted by Gasteiger charge is 2.30. The van der Waals surface area contributed by atoms with E-state index in [9.17, 15) is 18.0 Å². The first-order valence-corrected chi connectivity index (χ1v) is 8.36. The number of rotatable bonds is 6. The van der Waals surface area contributed by atoms with Gasteiger partial charge in [0.25, 0.3) is 0 Å².